The topological polar surface area (TPSA) is 90.9 Å². The first-order valence-corrected chi connectivity index (χ1v) is 11.5. The average Bonchev–Trinajstić information content (AvgIpc) is 3.59. The quantitative estimate of drug-likeness (QED) is 0.401. The standard InChI is InChI=1S/C25H19ClFN7O/c1-14-2-5-19(25(27)30-14)21-9-16(12-28-21)22-7-4-18-8-15(10-24(35)34(18)22)20-11-17(26)3-6-23(20)33-13-29-31-32-33/h2-3,5-6,8,10-13,22H,4,7,9H2,1H3/t22-/m0/s1. The number of hydrogen-bond acceptors (Lipinski definition) is 6. The van der Waals surface area contributed by atoms with Crippen molar-refractivity contribution in [2.24, 2.45) is 4.99 Å². The Bertz CT molecular complexity index is 1590. The third kappa shape index (κ3) is 3.77. The molecule has 35 heavy (non-hydrogen) atoms. The molecule has 1 aromatic carbocycles. The molecule has 4 aromatic rings. The number of nitrogens with zero attached hydrogens (tertiary/aromatic N) is 7. The number of allylic oxidation sites excluding steroid dienone is 1. The lowest BCUT2D eigenvalue weighted by Gasteiger charge is -2.17. The molecule has 0 radical (unpaired) electrons. The van der Waals surface area contributed by atoms with Crippen molar-refractivity contribution in [2.75, 3.05) is 0 Å². The van der Waals surface area contributed by atoms with E-state index in [1.807, 2.05) is 16.7 Å². The fourth-order valence-corrected chi connectivity index (χ4v) is 5.04. The predicted octanol–water partition coefficient (Wildman–Crippen LogP) is 4.25. The lowest BCUT2D eigenvalue weighted by Crippen LogP contribution is -2.24. The SMILES string of the molecule is Cc1ccc(C2=NC=C([C@@H]3CCc4cc(-c5cc(Cl)ccc5-n5cnnn5)cc(=O)n43)C2)c(F)n1. The van der Waals surface area contributed by atoms with E-state index in [1.165, 1.54) is 6.33 Å². The molecule has 0 bridgehead atoms. The van der Waals surface area contributed by atoms with Crippen LogP contribution in [0.3, 0.4) is 0 Å². The highest BCUT2D eigenvalue weighted by atomic mass is 35.5. The Balaban J connectivity index is 1.33. The molecule has 0 unspecified atom stereocenters. The number of fused-ring (bicyclic) bond motifs is 1. The lowest BCUT2D eigenvalue weighted by atomic mass is 9.99. The Labute approximate surface area is 204 Å². The molecule has 1 atom stereocenters. The first kappa shape index (κ1) is 21.5. The Hall–Kier alpha value is -3.98. The molecule has 0 saturated heterocycles. The van der Waals surface area contributed by atoms with E-state index < -0.39 is 5.95 Å². The molecular weight excluding hydrogens is 469 g/mol. The Morgan fingerprint density at radius 3 is 2.80 bits per heavy atom. The molecule has 0 spiro atoms. The average molecular weight is 488 g/mol. The van der Waals surface area contributed by atoms with Gasteiger partial charge in [0.05, 0.1) is 23.0 Å². The Morgan fingerprint density at radius 2 is 2.00 bits per heavy atom. The van der Waals surface area contributed by atoms with Gasteiger partial charge < -0.3 is 4.57 Å². The zero-order valence-corrected chi connectivity index (χ0v) is 19.4. The molecule has 3 aromatic heterocycles. The summed E-state index contributed by atoms with van der Waals surface area (Å²) < 4.78 is 17.7. The summed E-state index contributed by atoms with van der Waals surface area (Å²) >= 11 is 6.28. The number of aliphatic imine (C=N–C) groups is 1. The van der Waals surface area contributed by atoms with Crippen LogP contribution < -0.4 is 5.56 Å². The first-order chi connectivity index (χ1) is 17.0. The molecule has 2 aliphatic rings. The number of benzene rings is 1. The van der Waals surface area contributed by atoms with Gasteiger partial charge in [0.15, 0.2) is 0 Å². The smallest absolute Gasteiger partial charge is 0.251 e. The second kappa shape index (κ2) is 8.35. The van der Waals surface area contributed by atoms with Gasteiger partial charge in [-0.25, -0.2) is 4.98 Å². The fourth-order valence-electron chi connectivity index (χ4n) is 4.87. The summed E-state index contributed by atoms with van der Waals surface area (Å²) in [7, 11) is 0. The number of aromatic nitrogens is 6. The van der Waals surface area contributed by atoms with Crippen molar-refractivity contribution < 1.29 is 4.39 Å². The second-order valence-corrected chi connectivity index (χ2v) is 9.10. The summed E-state index contributed by atoms with van der Waals surface area (Å²) in [5, 5.41) is 12.0. The van der Waals surface area contributed by atoms with Crippen LogP contribution in [0.2, 0.25) is 5.02 Å². The number of hydrogen-bond donors (Lipinski definition) is 0. The van der Waals surface area contributed by atoms with Gasteiger partial charge in [0.1, 0.15) is 6.33 Å². The summed E-state index contributed by atoms with van der Waals surface area (Å²) in [5.74, 6) is -0.521. The van der Waals surface area contributed by atoms with Crippen LogP contribution in [0.1, 0.15) is 35.8 Å². The zero-order valence-electron chi connectivity index (χ0n) is 18.7. The monoisotopic (exact) mass is 487 g/mol. The maximum absolute atomic E-state index is 14.4. The predicted molar refractivity (Wildman–Crippen MR) is 129 cm³/mol. The molecule has 0 amide bonds. The van der Waals surface area contributed by atoms with Crippen molar-refractivity contribution in [1.29, 1.82) is 0 Å². The fraction of sp³-hybridized carbons (Fsp3) is 0.200. The van der Waals surface area contributed by atoms with E-state index in [4.69, 9.17) is 11.6 Å². The van der Waals surface area contributed by atoms with Crippen molar-refractivity contribution in [1.82, 2.24) is 29.8 Å². The van der Waals surface area contributed by atoms with Gasteiger partial charge in [-0.2, -0.15) is 9.07 Å². The Kier molecular flexibility index (Phi) is 5.14. The van der Waals surface area contributed by atoms with Gasteiger partial charge >= 0.3 is 0 Å². The minimum Gasteiger partial charge on any atom is -0.305 e. The molecule has 5 heterocycles. The highest BCUT2D eigenvalue weighted by molar-refractivity contribution is 6.31. The highest BCUT2D eigenvalue weighted by Crippen LogP contribution is 2.37. The number of rotatable bonds is 4. The molecular formula is C25H19ClFN7O. The van der Waals surface area contributed by atoms with Crippen LogP contribution in [0.4, 0.5) is 4.39 Å². The van der Waals surface area contributed by atoms with Gasteiger partial charge in [0.25, 0.3) is 5.56 Å². The minimum absolute atomic E-state index is 0.111. The van der Waals surface area contributed by atoms with E-state index >= 15 is 0 Å². The van der Waals surface area contributed by atoms with E-state index in [0.29, 0.717) is 28.4 Å². The van der Waals surface area contributed by atoms with Crippen LogP contribution in [0.5, 0.6) is 0 Å². The molecule has 0 saturated carbocycles. The highest BCUT2D eigenvalue weighted by Gasteiger charge is 2.30. The summed E-state index contributed by atoms with van der Waals surface area (Å²) in [6.07, 6.45) is 5.26. The van der Waals surface area contributed by atoms with Gasteiger partial charge in [-0.1, -0.05) is 11.6 Å². The van der Waals surface area contributed by atoms with Crippen molar-refractivity contribution >= 4 is 17.3 Å². The van der Waals surface area contributed by atoms with E-state index in [9.17, 15) is 9.18 Å². The summed E-state index contributed by atoms with van der Waals surface area (Å²) in [6, 6.07) is 12.4. The van der Waals surface area contributed by atoms with Gasteiger partial charge in [-0.3, -0.25) is 9.79 Å². The summed E-state index contributed by atoms with van der Waals surface area (Å²) in [6.45, 7) is 1.75. The third-order valence-electron chi connectivity index (χ3n) is 6.48. The summed E-state index contributed by atoms with van der Waals surface area (Å²) in [4.78, 5) is 21.7. The van der Waals surface area contributed by atoms with Crippen LogP contribution >= 0.6 is 11.6 Å². The molecule has 174 valence electrons. The van der Waals surface area contributed by atoms with Gasteiger partial charge in [0.2, 0.25) is 5.95 Å². The zero-order chi connectivity index (χ0) is 24.1. The van der Waals surface area contributed by atoms with E-state index in [-0.39, 0.29) is 11.6 Å². The number of pyridine rings is 2. The maximum atomic E-state index is 14.4. The second-order valence-electron chi connectivity index (χ2n) is 8.66. The van der Waals surface area contributed by atoms with Crippen molar-refractivity contribution in [3.05, 3.63) is 98.8 Å². The molecule has 6 rings (SSSR count). The van der Waals surface area contributed by atoms with Crippen LogP contribution in [-0.4, -0.2) is 35.5 Å². The number of tetrazole rings is 1. The van der Waals surface area contributed by atoms with Crippen molar-refractivity contribution in [3.8, 4) is 16.8 Å². The largest absolute Gasteiger partial charge is 0.305 e. The van der Waals surface area contributed by atoms with Crippen molar-refractivity contribution in [3.63, 3.8) is 0 Å². The van der Waals surface area contributed by atoms with Gasteiger partial charge in [-0.05, 0) is 77.7 Å². The van der Waals surface area contributed by atoms with Gasteiger partial charge in [-0.15, -0.1) is 5.10 Å². The number of aryl methyl sites for hydroxylation is 2. The van der Waals surface area contributed by atoms with E-state index in [1.54, 1.807) is 48.1 Å². The molecule has 0 aliphatic carbocycles. The van der Waals surface area contributed by atoms with Crippen molar-refractivity contribution in [2.45, 2.75) is 32.2 Å². The molecule has 8 nitrogen and oxygen atoms in total. The molecule has 0 fully saturated rings. The van der Waals surface area contributed by atoms with Crippen LogP contribution in [0.25, 0.3) is 16.8 Å². The van der Waals surface area contributed by atoms with E-state index in [0.717, 1.165) is 40.9 Å². The lowest BCUT2D eigenvalue weighted by molar-refractivity contribution is 0.575. The van der Waals surface area contributed by atoms with E-state index in [2.05, 4.69) is 25.5 Å². The molecule has 0 N–H and O–H groups in total. The molecule has 2 aliphatic heterocycles. The normalized spacial score (nSPS) is 16.8. The Morgan fingerprint density at radius 1 is 1.11 bits per heavy atom. The first-order valence-electron chi connectivity index (χ1n) is 11.2. The number of halogens is 2. The molecule has 10 heteroatoms. The van der Waals surface area contributed by atoms with Crippen LogP contribution in [-0.2, 0) is 6.42 Å². The third-order valence-corrected chi connectivity index (χ3v) is 6.72. The van der Waals surface area contributed by atoms with Crippen LogP contribution in [0, 0.1) is 12.9 Å². The maximum Gasteiger partial charge on any atom is 0.251 e. The summed E-state index contributed by atoms with van der Waals surface area (Å²) in [5.41, 5.74) is 5.70. The van der Waals surface area contributed by atoms with Gasteiger partial charge in [0, 0.05) is 40.7 Å². The van der Waals surface area contributed by atoms with Crippen LogP contribution in [0.15, 0.2) is 70.4 Å². The minimum atomic E-state index is -0.521.